The quantitative estimate of drug-likeness (QED) is 0.904. The minimum absolute atomic E-state index is 0.173. The van der Waals surface area contributed by atoms with Crippen molar-refractivity contribution >= 4 is 0 Å². The van der Waals surface area contributed by atoms with Gasteiger partial charge in [0.05, 0.1) is 12.6 Å². The van der Waals surface area contributed by atoms with Gasteiger partial charge in [0, 0.05) is 12.7 Å². The maximum atomic E-state index is 12.9. The Morgan fingerprint density at radius 2 is 1.95 bits per heavy atom. The van der Waals surface area contributed by atoms with Crippen molar-refractivity contribution in [1.29, 1.82) is 5.26 Å². The monoisotopic (exact) mass is 303 g/mol. The van der Waals surface area contributed by atoms with Crippen LogP contribution in [-0.2, 0) is 13.1 Å². The number of nitrogens with zero attached hydrogens (tertiary/aromatic N) is 3. The topological polar surface area (TPSA) is 88.0 Å². The molecule has 0 amide bonds. The van der Waals surface area contributed by atoms with Crippen LogP contribution in [0.3, 0.4) is 0 Å². The van der Waals surface area contributed by atoms with E-state index in [0.717, 1.165) is 4.57 Å². The molecule has 0 unspecified atom stereocenters. The molecule has 2 aromatic rings. The van der Waals surface area contributed by atoms with Crippen LogP contribution in [0, 0.1) is 17.1 Å². The number of hydrogen-bond acceptors (Lipinski definition) is 4. The molecule has 0 spiro atoms. The van der Waals surface area contributed by atoms with Gasteiger partial charge in [-0.15, -0.1) is 0 Å². The molecule has 0 saturated heterocycles. The molecule has 1 aromatic heterocycles. The van der Waals surface area contributed by atoms with Crippen molar-refractivity contribution in [3.8, 4) is 6.07 Å². The van der Waals surface area contributed by atoms with Crippen LogP contribution >= 0.6 is 0 Å². The first-order valence-corrected chi connectivity index (χ1v) is 6.65. The van der Waals surface area contributed by atoms with E-state index < -0.39 is 23.2 Å². The maximum Gasteiger partial charge on any atom is 0.331 e. The van der Waals surface area contributed by atoms with E-state index in [1.54, 1.807) is 13.0 Å². The van der Waals surface area contributed by atoms with Crippen molar-refractivity contribution in [1.82, 2.24) is 9.13 Å². The lowest BCUT2D eigenvalue weighted by Crippen LogP contribution is -2.41. The third-order valence-electron chi connectivity index (χ3n) is 3.31. The van der Waals surface area contributed by atoms with E-state index in [4.69, 9.17) is 5.26 Å². The highest BCUT2D eigenvalue weighted by molar-refractivity contribution is 5.23. The second kappa shape index (κ2) is 6.37. The van der Waals surface area contributed by atoms with Gasteiger partial charge < -0.3 is 5.11 Å². The molecule has 1 aromatic carbocycles. The molecule has 0 radical (unpaired) electrons. The summed E-state index contributed by atoms with van der Waals surface area (Å²) in [5, 5.41) is 19.1. The van der Waals surface area contributed by atoms with E-state index in [1.807, 2.05) is 0 Å². The van der Waals surface area contributed by atoms with Gasteiger partial charge in [-0.25, -0.2) is 9.18 Å². The lowest BCUT2D eigenvalue weighted by Gasteiger charge is -2.14. The van der Waals surface area contributed by atoms with Gasteiger partial charge >= 0.3 is 5.69 Å². The van der Waals surface area contributed by atoms with Crippen LogP contribution in [0.5, 0.6) is 0 Å². The van der Waals surface area contributed by atoms with Crippen molar-refractivity contribution in [2.75, 3.05) is 0 Å². The highest BCUT2D eigenvalue weighted by atomic mass is 19.1. The minimum atomic E-state index is -1.16. The largest absolute Gasteiger partial charge is 0.387 e. The number of aromatic nitrogens is 2. The average Bonchev–Trinajstić information content (AvgIpc) is 2.52. The van der Waals surface area contributed by atoms with Gasteiger partial charge in [-0.05, 0) is 24.6 Å². The predicted octanol–water partition coefficient (Wildman–Crippen LogP) is 0.774. The third-order valence-corrected chi connectivity index (χ3v) is 3.31. The normalized spacial score (nSPS) is 11.9. The number of nitriles is 1. The van der Waals surface area contributed by atoms with Gasteiger partial charge in [0.1, 0.15) is 17.4 Å². The van der Waals surface area contributed by atoms with Gasteiger partial charge in [0.15, 0.2) is 0 Å². The molecule has 0 saturated carbocycles. The Morgan fingerprint density at radius 3 is 2.50 bits per heavy atom. The van der Waals surface area contributed by atoms with E-state index in [9.17, 15) is 19.1 Å². The SMILES string of the molecule is CCn1cc(C#N)c(=O)n(C[C@@H](O)c2ccc(F)cc2)c1=O. The van der Waals surface area contributed by atoms with E-state index in [2.05, 4.69) is 0 Å². The summed E-state index contributed by atoms with van der Waals surface area (Å²) < 4.78 is 14.9. The number of benzene rings is 1. The summed E-state index contributed by atoms with van der Waals surface area (Å²) in [6.45, 7) is 1.69. The predicted molar refractivity (Wildman–Crippen MR) is 76.7 cm³/mol. The van der Waals surface area contributed by atoms with Crippen LogP contribution < -0.4 is 11.2 Å². The first-order chi connectivity index (χ1) is 10.5. The lowest BCUT2D eigenvalue weighted by molar-refractivity contribution is 0.152. The molecular weight excluding hydrogens is 289 g/mol. The highest BCUT2D eigenvalue weighted by Gasteiger charge is 2.15. The molecule has 114 valence electrons. The molecule has 1 heterocycles. The Bertz CT molecular complexity index is 831. The highest BCUT2D eigenvalue weighted by Crippen LogP contribution is 2.14. The molecule has 22 heavy (non-hydrogen) atoms. The number of aliphatic hydroxyl groups is 1. The third kappa shape index (κ3) is 2.97. The number of halogens is 1. The second-order valence-electron chi connectivity index (χ2n) is 4.71. The molecule has 7 heteroatoms. The number of aryl methyl sites for hydroxylation is 1. The van der Waals surface area contributed by atoms with Crippen molar-refractivity contribution in [2.45, 2.75) is 26.1 Å². The van der Waals surface area contributed by atoms with Crippen molar-refractivity contribution in [2.24, 2.45) is 0 Å². The van der Waals surface area contributed by atoms with Gasteiger partial charge in [-0.2, -0.15) is 5.26 Å². The van der Waals surface area contributed by atoms with Gasteiger partial charge in [0.25, 0.3) is 5.56 Å². The van der Waals surface area contributed by atoms with Gasteiger partial charge in [-0.3, -0.25) is 13.9 Å². The van der Waals surface area contributed by atoms with Crippen molar-refractivity contribution in [3.63, 3.8) is 0 Å². The Hall–Kier alpha value is -2.72. The van der Waals surface area contributed by atoms with E-state index in [-0.39, 0.29) is 12.1 Å². The Kier molecular flexibility index (Phi) is 4.53. The zero-order chi connectivity index (χ0) is 16.3. The molecule has 0 aliphatic heterocycles. The van der Waals surface area contributed by atoms with E-state index >= 15 is 0 Å². The van der Waals surface area contributed by atoms with Gasteiger partial charge in [0.2, 0.25) is 0 Å². The average molecular weight is 303 g/mol. The number of rotatable bonds is 4. The standard InChI is InChI=1S/C15H14FN3O3/c1-2-18-8-11(7-17)14(21)19(15(18)22)9-13(20)10-3-5-12(16)6-4-10/h3-6,8,13,20H,2,9H2,1H3/t13-/m1/s1. The van der Waals surface area contributed by atoms with E-state index in [0.29, 0.717) is 12.1 Å². The van der Waals surface area contributed by atoms with Crippen LogP contribution in [0.1, 0.15) is 24.2 Å². The molecule has 1 N–H and O–H groups in total. The lowest BCUT2D eigenvalue weighted by atomic mass is 10.1. The smallest absolute Gasteiger partial charge is 0.331 e. The van der Waals surface area contributed by atoms with Crippen molar-refractivity contribution in [3.05, 3.63) is 68.2 Å². The fourth-order valence-electron chi connectivity index (χ4n) is 2.08. The zero-order valence-corrected chi connectivity index (χ0v) is 11.9. The van der Waals surface area contributed by atoms with Crippen LogP contribution in [0.15, 0.2) is 40.1 Å². The molecule has 1 atom stereocenters. The minimum Gasteiger partial charge on any atom is -0.387 e. The summed E-state index contributed by atoms with van der Waals surface area (Å²) in [6.07, 6.45) is 0.0380. The first-order valence-electron chi connectivity index (χ1n) is 6.65. The fraction of sp³-hybridized carbons (Fsp3) is 0.267. The van der Waals surface area contributed by atoms with E-state index in [1.165, 1.54) is 35.0 Å². The van der Waals surface area contributed by atoms with Gasteiger partial charge in [-0.1, -0.05) is 12.1 Å². The molecule has 0 bridgehead atoms. The maximum absolute atomic E-state index is 12.9. The molecular formula is C15H14FN3O3. The summed E-state index contributed by atoms with van der Waals surface area (Å²) in [6, 6.07) is 6.83. The summed E-state index contributed by atoms with van der Waals surface area (Å²) in [7, 11) is 0. The molecule has 2 rings (SSSR count). The Morgan fingerprint density at radius 1 is 1.32 bits per heavy atom. The summed E-state index contributed by atoms with van der Waals surface area (Å²) in [5.41, 5.74) is -1.16. The zero-order valence-electron chi connectivity index (χ0n) is 11.9. The van der Waals surface area contributed by atoms with Crippen molar-refractivity contribution < 1.29 is 9.50 Å². The fourth-order valence-corrected chi connectivity index (χ4v) is 2.08. The molecule has 0 aliphatic rings. The summed E-state index contributed by atoms with van der Waals surface area (Å²) >= 11 is 0. The molecule has 6 nitrogen and oxygen atoms in total. The molecule has 0 fully saturated rings. The van der Waals surface area contributed by atoms with Crippen LogP contribution in [0.4, 0.5) is 4.39 Å². The van der Waals surface area contributed by atoms with Crippen LogP contribution in [-0.4, -0.2) is 14.2 Å². The van der Waals surface area contributed by atoms with Crippen LogP contribution in [0.25, 0.3) is 0 Å². The second-order valence-corrected chi connectivity index (χ2v) is 4.71. The molecule has 0 aliphatic carbocycles. The Balaban J connectivity index is 2.45. The first kappa shape index (κ1) is 15.7. The summed E-state index contributed by atoms with van der Waals surface area (Å²) in [5.74, 6) is -0.451. The Labute approximate surface area is 125 Å². The number of hydrogen-bond donors (Lipinski definition) is 1. The van der Waals surface area contributed by atoms with Crippen LogP contribution in [0.2, 0.25) is 0 Å². The number of aliphatic hydroxyl groups excluding tert-OH is 1. The summed E-state index contributed by atoms with van der Waals surface area (Å²) in [4.78, 5) is 24.2.